The Morgan fingerprint density at radius 1 is 1.30 bits per heavy atom. The van der Waals surface area contributed by atoms with Crippen LogP contribution in [-0.2, 0) is 11.3 Å². The second-order valence-electron chi connectivity index (χ2n) is 4.52. The van der Waals surface area contributed by atoms with E-state index in [2.05, 4.69) is 20.8 Å². The number of hydrogen-bond acceptors (Lipinski definition) is 6. The number of rotatable bonds is 6. The number of nitrogens with zero attached hydrogens (tertiary/aromatic N) is 4. The van der Waals surface area contributed by atoms with E-state index < -0.39 is 5.82 Å². The highest BCUT2D eigenvalue weighted by molar-refractivity contribution is 7.99. The van der Waals surface area contributed by atoms with E-state index in [1.54, 1.807) is 30.5 Å². The van der Waals surface area contributed by atoms with Crippen molar-refractivity contribution in [2.24, 2.45) is 0 Å². The zero-order chi connectivity index (χ0) is 16.1. The summed E-state index contributed by atoms with van der Waals surface area (Å²) in [5, 5.41) is 14.3. The van der Waals surface area contributed by atoms with Crippen LogP contribution in [0.2, 0.25) is 0 Å². The summed E-state index contributed by atoms with van der Waals surface area (Å²) in [5.74, 6) is -0.0523. The molecule has 3 rings (SSSR count). The number of hydrogen-bond donors (Lipinski definition) is 1. The average Bonchev–Trinajstić information content (AvgIpc) is 3.20. The number of aromatic nitrogens is 4. The molecule has 0 atom stereocenters. The quantitative estimate of drug-likeness (QED) is 0.696. The Bertz CT molecular complexity index is 790. The molecule has 2 aromatic heterocycles. The van der Waals surface area contributed by atoms with Crippen molar-refractivity contribution in [1.29, 1.82) is 0 Å². The van der Waals surface area contributed by atoms with E-state index >= 15 is 0 Å². The number of furan rings is 1. The first-order valence-electron chi connectivity index (χ1n) is 6.68. The highest BCUT2D eigenvalue weighted by Crippen LogP contribution is 2.17. The normalized spacial score (nSPS) is 10.7. The van der Waals surface area contributed by atoms with Crippen LogP contribution in [0.25, 0.3) is 0 Å². The monoisotopic (exact) mass is 333 g/mol. The van der Waals surface area contributed by atoms with E-state index in [9.17, 15) is 9.18 Å². The average molecular weight is 333 g/mol. The van der Waals surface area contributed by atoms with Gasteiger partial charge in [-0.1, -0.05) is 23.9 Å². The predicted molar refractivity (Wildman–Crippen MR) is 81.4 cm³/mol. The Hall–Kier alpha value is -2.68. The van der Waals surface area contributed by atoms with Crippen molar-refractivity contribution in [2.75, 3.05) is 11.1 Å². The van der Waals surface area contributed by atoms with Gasteiger partial charge in [-0.3, -0.25) is 4.79 Å². The molecule has 0 spiro atoms. The minimum Gasteiger partial charge on any atom is -0.467 e. The fraction of sp³-hybridized carbons (Fsp3) is 0.143. The molecule has 9 heteroatoms. The van der Waals surface area contributed by atoms with Crippen LogP contribution in [0, 0.1) is 5.82 Å². The summed E-state index contributed by atoms with van der Waals surface area (Å²) in [6, 6.07) is 9.57. The summed E-state index contributed by atoms with van der Waals surface area (Å²) in [6.07, 6.45) is 1.56. The Balaban J connectivity index is 1.57. The van der Waals surface area contributed by atoms with Gasteiger partial charge in [-0.2, -0.15) is 0 Å². The van der Waals surface area contributed by atoms with Crippen LogP contribution in [0.3, 0.4) is 0 Å². The lowest BCUT2D eigenvalue weighted by molar-refractivity contribution is -0.113. The summed E-state index contributed by atoms with van der Waals surface area (Å²) in [7, 11) is 0. The second kappa shape index (κ2) is 7.05. The molecule has 1 N–H and O–H groups in total. The van der Waals surface area contributed by atoms with Gasteiger partial charge in [0.2, 0.25) is 11.1 Å². The summed E-state index contributed by atoms with van der Waals surface area (Å²) >= 11 is 1.16. The molecule has 0 aliphatic carbocycles. The van der Waals surface area contributed by atoms with Crippen molar-refractivity contribution in [2.45, 2.75) is 11.7 Å². The van der Waals surface area contributed by atoms with Crippen LogP contribution in [0.4, 0.5) is 10.1 Å². The maximum absolute atomic E-state index is 13.5. The lowest BCUT2D eigenvalue weighted by Crippen LogP contribution is -2.15. The standard InChI is InChI=1S/C14H12FN5O2S/c15-11-5-1-2-6-12(11)16-13(21)9-23-14-17-18-19-20(14)8-10-4-3-7-22-10/h1-7H,8-9H2,(H,16,21). The number of amides is 1. The van der Waals surface area contributed by atoms with E-state index in [1.165, 1.54) is 16.8 Å². The molecule has 7 nitrogen and oxygen atoms in total. The Morgan fingerprint density at radius 3 is 2.96 bits per heavy atom. The van der Waals surface area contributed by atoms with Crippen molar-refractivity contribution in [3.8, 4) is 0 Å². The SMILES string of the molecule is O=C(CSc1nnnn1Cc1ccco1)Nc1ccccc1F. The minimum atomic E-state index is -0.478. The predicted octanol–water partition coefficient (Wildman–Crippen LogP) is 2.18. The van der Waals surface area contributed by atoms with E-state index in [-0.39, 0.29) is 17.3 Å². The maximum atomic E-state index is 13.5. The number of halogens is 1. The second-order valence-corrected chi connectivity index (χ2v) is 5.46. The maximum Gasteiger partial charge on any atom is 0.234 e. The van der Waals surface area contributed by atoms with E-state index in [4.69, 9.17) is 4.42 Å². The van der Waals surface area contributed by atoms with Crippen molar-refractivity contribution in [3.05, 3.63) is 54.2 Å². The summed E-state index contributed by atoms with van der Waals surface area (Å²) in [5.41, 5.74) is 0.147. The molecule has 0 saturated carbocycles. The van der Waals surface area contributed by atoms with Crippen LogP contribution >= 0.6 is 11.8 Å². The van der Waals surface area contributed by atoms with Crippen molar-refractivity contribution in [1.82, 2.24) is 20.2 Å². The smallest absolute Gasteiger partial charge is 0.234 e. The van der Waals surface area contributed by atoms with Gasteiger partial charge in [0.15, 0.2) is 0 Å². The van der Waals surface area contributed by atoms with Crippen LogP contribution in [-0.4, -0.2) is 31.9 Å². The number of thioether (sulfide) groups is 1. The van der Waals surface area contributed by atoms with Gasteiger partial charge in [0.25, 0.3) is 0 Å². The van der Waals surface area contributed by atoms with Gasteiger partial charge >= 0.3 is 0 Å². The van der Waals surface area contributed by atoms with Crippen LogP contribution in [0.1, 0.15) is 5.76 Å². The van der Waals surface area contributed by atoms with Gasteiger partial charge in [0.1, 0.15) is 18.1 Å². The molecule has 0 aliphatic heterocycles. The van der Waals surface area contributed by atoms with Gasteiger partial charge < -0.3 is 9.73 Å². The molecular formula is C14H12FN5O2S. The molecule has 0 fully saturated rings. The van der Waals surface area contributed by atoms with Crippen molar-refractivity contribution in [3.63, 3.8) is 0 Å². The first-order chi connectivity index (χ1) is 11.2. The fourth-order valence-corrected chi connectivity index (χ4v) is 2.50. The third-order valence-electron chi connectivity index (χ3n) is 2.87. The van der Waals surface area contributed by atoms with Crippen LogP contribution < -0.4 is 5.32 Å². The molecule has 0 radical (unpaired) electrons. The molecular weight excluding hydrogens is 321 g/mol. The first-order valence-corrected chi connectivity index (χ1v) is 7.66. The van der Waals surface area contributed by atoms with Gasteiger partial charge in [0, 0.05) is 0 Å². The summed E-state index contributed by atoms with van der Waals surface area (Å²) in [6.45, 7) is 0.372. The summed E-state index contributed by atoms with van der Waals surface area (Å²) in [4.78, 5) is 11.9. The van der Waals surface area contributed by atoms with Gasteiger partial charge in [-0.05, 0) is 34.7 Å². The molecule has 118 valence electrons. The Kier molecular flexibility index (Phi) is 4.67. The fourth-order valence-electron chi connectivity index (χ4n) is 1.83. The highest BCUT2D eigenvalue weighted by Gasteiger charge is 2.12. The molecule has 23 heavy (non-hydrogen) atoms. The van der Waals surface area contributed by atoms with Crippen LogP contribution in [0.15, 0.2) is 52.2 Å². The first kappa shape index (κ1) is 15.2. The number of nitrogens with one attached hydrogen (secondary N) is 1. The third kappa shape index (κ3) is 3.95. The Labute approximate surface area is 134 Å². The van der Waals surface area contributed by atoms with E-state index in [1.807, 2.05) is 0 Å². The zero-order valence-corrected chi connectivity index (χ0v) is 12.7. The van der Waals surface area contributed by atoms with Crippen LogP contribution in [0.5, 0.6) is 0 Å². The van der Waals surface area contributed by atoms with Gasteiger partial charge in [-0.15, -0.1) is 5.10 Å². The Morgan fingerprint density at radius 2 is 2.17 bits per heavy atom. The molecule has 1 aromatic carbocycles. The number of para-hydroxylation sites is 1. The third-order valence-corrected chi connectivity index (χ3v) is 3.82. The van der Waals surface area contributed by atoms with Gasteiger partial charge in [0.05, 0.1) is 17.7 Å². The molecule has 0 saturated heterocycles. The highest BCUT2D eigenvalue weighted by atomic mass is 32.2. The van der Waals surface area contributed by atoms with Crippen molar-refractivity contribution >= 4 is 23.4 Å². The zero-order valence-electron chi connectivity index (χ0n) is 11.8. The number of tetrazole rings is 1. The molecule has 0 aliphatic rings. The molecule has 0 bridgehead atoms. The summed E-state index contributed by atoms with van der Waals surface area (Å²) < 4.78 is 20.2. The van der Waals surface area contributed by atoms with E-state index in [0.717, 1.165) is 11.8 Å². The lowest BCUT2D eigenvalue weighted by Gasteiger charge is -2.06. The van der Waals surface area contributed by atoms with E-state index in [0.29, 0.717) is 17.5 Å². The minimum absolute atomic E-state index is 0.0624. The number of benzene rings is 1. The molecule has 1 amide bonds. The number of carbonyl (C=O) groups is 1. The molecule has 3 aromatic rings. The number of carbonyl (C=O) groups excluding carboxylic acids is 1. The molecule has 2 heterocycles. The number of anilines is 1. The van der Waals surface area contributed by atoms with Crippen molar-refractivity contribution < 1.29 is 13.6 Å². The topological polar surface area (TPSA) is 85.8 Å². The molecule has 0 unspecified atom stereocenters. The largest absolute Gasteiger partial charge is 0.467 e. The lowest BCUT2D eigenvalue weighted by atomic mass is 10.3. The van der Waals surface area contributed by atoms with Gasteiger partial charge in [-0.25, -0.2) is 9.07 Å².